The minimum atomic E-state index is -4.09. The summed E-state index contributed by atoms with van der Waals surface area (Å²) >= 11 is 6.29. The maximum absolute atomic E-state index is 12.8. The Bertz CT molecular complexity index is 1030. The summed E-state index contributed by atoms with van der Waals surface area (Å²) in [5.74, 6) is -0.318. The zero-order valence-electron chi connectivity index (χ0n) is 19.5. The van der Waals surface area contributed by atoms with Crippen LogP contribution in [0.1, 0.15) is 74.9 Å². The van der Waals surface area contributed by atoms with Crippen LogP contribution >= 0.6 is 11.6 Å². The van der Waals surface area contributed by atoms with Gasteiger partial charge in [-0.3, -0.25) is 9.48 Å². The predicted octanol–water partition coefficient (Wildman–Crippen LogP) is 3.99. The second kappa shape index (κ2) is 9.71. The standard InChI is InChI=1S/C22H33ClN4O3S/c1-13(2)17-9-16(23)10-18(14(3)4)19(17)11-21(28)25-31(29,30)22-12-20(27(8)24-22)15(5)26(6)7/h9-10,12-15H,11H2,1-8H3,(H,25,28). The Morgan fingerprint density at radius 1 is 1.10 bits per heavy atom. The molecule has 1 N–H and O–H groups in total. The average Bonchev–Trinajstić information content (AvgIpc) is 3.03. The van der Waals surface area contributed by atoms with Crippen LogP contribution in [0, 0.1) is 0 Å². The van der Waals surface area contributed by atoms with E-state index >= 15 is 0 Å². The van der Waals surface area contributed by atoms with Crippen molar-refractivity contribution < 1.29 is 13.2 Å². The van der Waals surface area contributed by atoms with Gasteiger partial charge in [0.1, 0.15) is 0 Å². The van der Waals surface area contributed by atoms with Crippen molar-refractivity contribution in [2.24, 2.45) is 7.05 Å². The number of nitrogens with zero attached hydrogens (tertiary/aromatic N) is 3. The number of amides is 1. The Morgan fingerprint density at radius 2 is 1.61 bits per heavy atom. The molecule has 9 heteroatoms. The highest BCUT2D eigenvalue weighted by Crippen LogP contribution is 2.32. The number of nitrogens with one attached hydrogen (secondary N) is 1. The van der Waals surface area contributed by atoms with Crippen LogP contribution in [-0.2, 0) is 28.3 Å². The summed E-state index contributed by atoms with van der Waals surface area (Å²) < 4.78 is 29.4. The lowest BCUT2D eigenvalue weighted by Gasteiger charge is -2.20. The monoisotopic (exact) mass is 468 g/mol. The van der Waals surface area contributed by atoms with Crippen molar-refractivity contribution in [1.29, 1.82) is 0 Å². The Hall–Kier alpha value is -1.90. The first-order valence-corrected chi connectivity index (χ1v) is 12.2. The van der Waals surface area contributed by atoms with Gasteiger partial charge in [0.05, 0.1) is 12.1 Å². The van der Waals surface area contributed by atoms with Crippen LogP contribution in [0.2, 0.25) is 5.02 Å². The van der Waals surface area contributed by atoms with E-state index in [0.29, 0.717) is 5.02 Å². The largest absolute Gasteiger partial charge is 0.301 e. The van der Waals surface area contributed by atoms with Crippen LogP contribution in [-0.4, -0.2) is 43.1 Å². The van der Waals surface area contributed by atoms with Gasteiger partial charge in [-0.25, -0.2) is 4.72 Å². The first-order chi connectivity index (χ1) is 14.2. The molecule has 2 rings (SSSR count). The third-order valence-corrected chi connectivity index (χ3v) is 6.95. The van der Waals surface area contributed by atoms with Crippen LogP contribution in [0.25, 0.3) is 0 Å². The number of hydrogen-bond acceptors (Lipinski definition) is 5. The van der Waals surface area contributed by atoms with Crippen LogP contribution in [0.4, 0.5) is 0 Å². The van der Waals surface area contributed by atoms with Gasteiger partial charge in [0.25, 0.3) is 10.0 Å². The number of aryl methyl sites for hydroxylation is 1. The molecule has 0 fully saturated rings. The van der Waals surface area contributed by atoms with Crippen molar-refractivity contribution in [1.82, 2.24) is 19.4 Å². The number of halogens is 1. The van der Waals surface area contributed by atoms with E-state index in [0.717, 1.165) is 22.4 Å². The van der Waals surface area contributed by atoms with E-state index < -0.39 is 15.9 Å². The Balaban J connectivity index is 2.34. The van der Waals surface area contributed by atoms with Crippen molar-refractivity contribution in [3.63, 3.8) is 0 Å². The smallest absolute Gasteiger partial charge is 0.283 e. The summed E-state index contributed by atoms with van der Waals surface area (Å²) in [6.07, 6.45) is -0.0504. The van der Waals surface area contributed by atoms with Gasteiger partial charge in [0, 0.05) is 24.2 Å². The molecule has 1 aromatic heterocycles. The number of carbonyl (C=O) groups excluding carboxylic acids is 1. The Morgan fingerprint density at radius 3 is 2.06 bits per heavy atom. The van der Waals surface area contributed by atoms with E-state index in [4.69, 9.17) is 11.6 Å². The molecular weight excluding hydrogens is 436 g/mol. The van der Waals surface area contributed by atoms with Crippen molar-refractivity contribution in [2.75, 3.05) is 14.1 Å². The lowest BCUT2D eigenvalue weighted by molar-refractivity contribution is -0.118. The number of benzene rings is 1. The van der Waals surface area contributed by atoms with Crippen molar-refractivity contribution in [2.45, 2.75) is 63.9 Å². The summed E-state index contributed by atoms with van der Waals surface area (Å²) in [6, 6.07) is 5.17. The highest BCUT2D eigenvalue weighted by atomic mass is 35.5. The molecule has 0 radical (unpaired) electrons. The molecule has 7 nitrogen and oxygen atoms in total. The van der Waals surface area contributed by atoms with Gasteiger partial charge in [0.15, 0.2) is 5.03 Å². The first kappa shape index (κ1) is 25.4. The van der Waals surface area contributed by atoms with Gasteiger partial charge in [-0.15, -0.1) is 0 Å². The fourth-order valence-corrected chi connectivity index (χ4v) is 4.77. The molecule has 0 saturated carbocycles. The lowest BCUT2D eigenvalue weighted by Crippen LogP contribution is -2.32. The molecule has 0 aliphatic rings. The second-order valence-electron chi connectivity index (χ2n) is 8.75. The van der Waals surface area contributed by atoms with Crippen molar-refractivity contribution >= 4 is 27.5 Å². The van der Waals surface area contributed by atoms with E-state index in [1.807, 2.05) is 65.7 Å². The third-order valence-electron chi connectivity index (χ3n) is 5.48. The SMILES string of the molecule is CC(C)c1cc(Cl)cc(C(C)C)c1CC(=O)NS(=O)(=O)c1cc(C(C)N(C)C)n(C)n1. The number of rotatable bonds is 8. The fraction of sp³-hybridized carbons (Fsp3) is 0.545. The van der Waals surface area contributed by atoms with Gasteiger partial charge >= 0.3 is 0 Å². The average molecular weight is 469 g/mol. The molecule has 0 saturated heterocycles. The summed E-state index contributed by atoms with van der Waals surface area (Å²) in [5, 5.41) is 4.56. The Kier molecular flexibility index (Phi) is 7.94. The highest BCUT2D eigenvalue weighted by Gasteiger charge is 2.26. The molecule has 0 aliphatic heterocycles. The summed E-state index contributed by atoms with van der Waals surface area (Å²) in [5.41, 5.74) is 3.46. The van der Waals surface area contributed by atoms with E-state index in [9.17, 15) is 13.2 Å². The zero-order chi connectivity index (χ0) is 23.7. The minimum Gasteiger partial charge on any atom is -0.301 e. The van der Waals surface area contributed by atoms with E-state index in [-0.39, 0.29) is 29.3 Å². The third kappa shape index (κ3) is 5.87. The molecule has 0 aliphatic carbocycles. The maximum atomic E-state index is 12.8. The molecule has 31 heavy (non-hydrogen) atoms. The summed E-state index contributed by atoms with van der Waals surface area (Å²) in [6.45, 7) is 10.0. The van der Waals surface area contributed by atoms with Crippen molar-refractivity contribution in [3.8, 4) is 0 Å². The molecule has 0 spiro atoms. The quantitative estimate of drug-likeness (QED) is 0.633. The van der Waals surface area contributed by atoms with Gasteiger partial charge in [-0.1, -0.05) is 39.3 Å². The van der Waals surface area contributed by atoms with Crippen molar-refractivity contribution in [3.05, 3.63) is 45.6 Å². The molecule has 2 aromatic rings. The topological polar surface area (TPSA) is 84.3 Å². The van der Waals surface area contributed by atoms with Gasteiger partial charge in [-0.05, 0) is 61.7 Å². The minimum absolute atomic E-state index is 0.0339. The molecule has 1 atom stereocenters. The fourth-order valence-electron chi connectivity index (χ4n) is 3.55. The van der Waals surface area contributed by atoms with E-state index in [1.165, 1.54) is 10.7 Å². The Labute approximate surface area is 190 Å². The van der Waals surface area contributed by atoms with Crippen LogP contribution in [0.3, 0.4) is 0 Å². The number of hydrogen-bond donors (Lipinski definition) is 1. The molecule has 172 valence electrons. The lowest BCUT2D eigenvalue weighted by atomic mass is 9.87. The normalized spacial score (nSPS) is 13.3. The van der Waals surface area contributed by atoms with E-state index in [1.54, 1.807) is 7.05 Å². The van der Waals surface area contributed by atoms with E-state index in [2.05, 4.69) is 9.82 Å². The van der Waals surface area contributed by atoms with Gasteiger partial charge in [0.2, 0.25) is 5.91 Å². The zero-order valence-corrected chi connectivity index (χ0v) is 21.1. The van der Waals surface area contributed by atoms with Gasteiger partial charge < -0.3 is 4.90 Å². The second-order valence-corrected chi connectivity index (χ2v) is 10.8. The van der Waals surface area contributed by atoms with Crippen LogP contribution in [0.5, 0.6) is 0 Å². The van der Waals surface area contributed by atoms with Gasteiger partial charge in [-0.2, -0.15) is 13.5 Å². The van der Waals surface area contributed by atoms with Crippen LogP contribution in [0.15, 0.2) is 23.2 Å². The first-order valence-electron chi connectivity index (χ1n) is 10.3. The molecular formula is C22H33ClN4O3S. The molecule has 1 heterocycles. The summed E-state index contributed by atoms with van der Waals surface area (Å²) in [7, 11) is 1.40. The summed E-state index contributed by atoms with van der Waals surface area (Å²) in [4.78, 5) is 14.8. The number of carbonyl (C=O) groups is 1. The number of aromatic nitrogens is 2. The maximum Gasteiger partial charge on any atom is 0.283 e. The highest BCUT2D eigenvalue weighted by molar-refractivity contribution is 7.90. The predicted molar refractivity (Wildman–Crippen MR) is 124 cm³/mol. The molecule has 1 amide bonds. The molecule has 0 bridgehead atoms. The molecule has 1 unspecified atom stereocenters. The molecule has 1 aromatic carbocycles. The number of sulfonamides is 1. The van der Waals surface area contributed by atoms with Crippen LogP contribution < -0.4 is 4.72 Å².